The number of hydrogen-bond donors (Lipinski definition) is 1. The molecule has 0 bridgehead atoms. The van der Waals surface area contributed by atoms with Gasteiger partial charge in [0.2, 0.25) is 0 Å². The quantitative estimate of drug-likeness (QED) is 0.673. The van der Waals surface area contributed by atoms with Crippen LogP contribution in [0.15, 0.2) is 0 Å². The zero-order valence-corrected chi connectivity index (χ0v) is 15.4. The Hall–Kier alpha value is -0.430. The molecule has 1 saturated carbocycles. The van der Waals surface area contributed by atoms with Crippen molar-refractivity contribution in [1.29, 1.82) is 0 Å². The summed E-state index contributed by atoms with van der Waals surface area (Å²) in [5, 5.41) is 3.39. The van der Waals surface area contributed by atoms with E-state index in [1.165, 1.54) is 34.9 Å². The molecule has 4 nitrogen and oxygen atoms in total. The van der Waals surface area contributed by atoms with Crippen molar-refractivity contribution in [2.75, 3.05) is 19.0 Å². The number of ether oxygens (including phenoxy) is 1. The summed E-state index contributed by atoms with van der Waals surface area (Å²) in [7, 11) is 1.75. The number of hydrogen-bond acceptors (Lipinski definition) is 4. The second-order valence-corrected chi connectivity index (χ2v) is 6.73. The third-order valence-electron chi connectivity index (χ3n) is 4.10. The minimum absolute atomic E-state index is 0.00422. The average Bonchev–Trinajstić information content (AvgIpc) is 3.01. The zero-order valence-electron chi connectivity index (χ0n) is 13.3. The topological polar surface area (TPSA) is 47.0 Å². The van der Waals surface area contributed by atoms with Crippen molar-refractivity contribution in [3.63, 3.8) is 0 Å². The van der Waals surface area contributed by atoms with Gasteiger partial charge in [-0.2, -0.15) is 0 Å². The Balaban J connectivity index is 2.39. The molecular weight excluding hydrogens is 377 g/mol. The first-order valence-corrected chi connectivity index (χ1v) is 9.13. The van der Waals surface area contributed by atoms with E-state index in [0.717, 1.165) is 31.0 Å². The summed E-state index contributed by atoms with van der Waals surface area (Å²) in [6.45, 7) is 5.15. The van der Waals surface area contributed by atoms with E-state index in [1.54, 1.807) is 7.11 Å². The highest BCUT2D eigenvalue weighted by Gasteiger charge is 2.25. The van der Waals surface area contributed by atoms with Crippen LogP contribution in [-0.4, -0.2) is 23.6 Å². The SMILES string of the molecule is CCCC(OC)c1nc(NCC)c(I)c(C2CCCC2)n1. The monoisotopic (exact) mass is 403 g/mol. The molecule has 1 atom stereocenters. The van der Waals surface area contributed by atoms with Gasteiger partial charge in [-0.1, -0.05) is 26.2 Å². The molecule has 5 heteroatoms. The number of rotatable bonds is 7. The van der Waals surface area contributed by atoms with E-state index in [4.69, 9.17) is 14.7 Å². The fourth-order valence-corrected chi connectivity index (χ4v) is 3.87. The molecule has 1 fully saturated rings. The Morgan fingerprint density at radius 1 is 1.29 bits per heavy atom. The second kappa shape index (κ2) is 8.27. The van der Waals surface area contributed by atoms with Crippen LogP contribution in [0.1, 0.15) is 75.9 Å². The van der Waals surface area contributed by atoms with Crippen molar-refractivity contribution < 1.29 is 4.74 Å². The fourth-order valence-electron chi connectivity index (χ4n) is 3.00. The van der Waals surface area contributed by atoms with Crippen molar-refractivity contribution >= 4 is 28.4 Å². The Kier molecular flexibility index (Phi) is 6.67. The van der Waals surface area contributed by atoms with Crippen molar-refractivity contribution in [2.45, 2.75) is 64.4 Å². The van der Waals surface area contributed by atoms with E-state index in [0.29, 0.717) is 5.92 Å². The predicted molar refractivity (Wildman–Crippen MR) is 94.8 cm³/mol. The van der Waals surface area contributed by atoms with E-state index in [-0.39, 0.29) is 6.10 Å². The number of nitrogens with zero attached hydrogens (tertiary/aromatic N) is 2. The maximum absolute atomic E-state index is 5.61. The van der Waals surface area contributed by atoms with E-state index < -0.39 is 0 Å². The number of nitrogens with one attached hydrogen (secondary N) is 1. The molecule has 1 N–H and O–H groups in total. The molecule has 0 radical (unpaired) electrons. The van der Waals surface area contributed by atoms with Gasteiger partial charge < -0.3 is 10.1 Å². The van der Waals surface area contributed by atoms with Gasteiger partial charge >= 0.3 is 0 Å². The standard InChI is InChI=1S/C16H26IN3O/c1-4-8-12(21-3)15-19-14(11-9-6-7-10-11)13(17)16(20-15)18-5-2/h11-12H,4-10H2,1-3H3,(H,18,19,20). The smallest absolute Gasteiger partial charge is 0.159 e. The molecule has 118 valence electrons. The van der Waals surface area contributed by atoms with Gasteiger partial charge in [0.1, 0.15) is 11.9 Å². The minimum atomic E-state index is 0.00422. The summed E-state index contributed by atoms with van der Waals surface area (Å²) in [6, 6.07) is 0. The minimum Gasteiger partial charge on any atom is -0.373 e. The highest BCUT2D eigenvalue weighted by atomic mass is 127. The van der Waals surface area contributed by atoms with Gasteiger partial charge in [-0.15, -0.1) is 0 Å². The van der Waals surface area contributed by atoms with Crippen molar-refractivity contribution in [1.82, 2.24) is 9.97 Å². The molecule has 1 aromatic heterocycles. The summed E-state index contributed by atoms with van der Waals surface area (Å²) in [6.07, 6.45) is 7.19. The van der Waals surface area contributed by atoms with Crippen LogP contribution in [0.4, 0.5) is 5.82 Å². The normalized spacial score (nSPS) is 17.1. The molecule has 1 heterocycles. The van der Waals surface area contributed by atoms with Crippen LogP contribution in [0.5, 0.6) is 0 Å². The second-order valence-electron chi connectivity index (χ2n) is 5.65. The van der Waals surface area contributed by atoms with Gasteiger partial charge in [-0.3, -0.25) is 0 Å². The molecule has 0 saturated heterocycles. The lowest BCUT2D eigenvalue weighted by atomic mass is 10.0. The molecular formula is C16H26IN3O. The fraction of sp³-hybridized carbons (Fsp3) is 0.750. The molecule has 0 spiro atoms. The largest absolute Gasteiger partial charge is 0.373 e. The highest BCUT2D eigenvalue weighted by molar-refractivity contribution is 14.1. The molecule has 1 unspecified atom stereocenters. The van der Waals surface area contributed by atoms with Crippen molar-refractivity contribution in [3.05, 3.63) is 15.1 Å². The van der Waals surface area contributed by atoms with Crippen LogP contribution in [0.3, 0.4) is 0 Å². The summed E-state index contributed by atoms with van der Waals surface area (Å²) >= 11 is 2.40. The molecule has 1 aliphatic rings. The third-order valence-corrected chi connectivity index (χ3v) is 5.17. The number of halogens is 1. The maximum atomic E-state index is 5.61. The summed E-state index contributed by atoms with van der Waals surface area (Å²) < 4.78 is 6.80. The van der Waals surface area contributed by atoms with Gasteiger partial charge in [0.25, 0.3) is 0 Å². The van der Waals surface area contributed by atoms with Crippen LogP contribution in [0.25, 0.3) is 0 Å². The number of aromatic nitrogens is 2. The van der Waals surface area contributed by atoms with Gasteiger partial charge in [-0.05, 0) is 48.8 Å². The average molecular weight is 403 g/mol. The van der Waals surface area contributed by atoms with E-state index in [9.17, 15) is 0 Å². The van der Waals surface area contributed by atoms with Gasteiger partial charge in [0.05, 0.1) is 9.26 Å². The molecule has 1 aromatic rings. The van der Waals surface area contributed by atoms with Crippen molar-refractivity contribution in [2.24, 2.45) is 0 Å². The lowest BCUT2D eigenvalue weighted by Crippen LogP contribution is -2.15. The summed E-state index contributed by atoms with van der Waals surface area (Å²) in [4.78, 5) is 9.63. The Morgan fingerprint density at radius 3 is 2.57 bits per heavy atom. The third kappa shape index (κ3) is 4.06. The molecule has 1 aliphatic carbocycles. The summed E-state index contributed by atoms with van der Waals surface area (Å²) in [5.41, 5.74) is 1.23. The molecule has 0 amide bonds. The van der Waals surface area contributed by atoms with Gasteiger partial charge in [-0.25, -0.2) is 9.97 Å². The molecule has 0 aliphatic heterocycles. The van der Waals surface area contributed by atoms with Crippen LogP contribution >= 0.6 is 22.6 Å². The first-order valence-electron chi connectivity index (χ1n) is 8.05. The highest BCUT2D eigenvalue weighted by Crippen LogP contribution is 2.37. The van der Waals surface area contributed by atoms with Gasteiger partial charge in [0, 0.05) is 19.6 Å². The lowest BCUT2D eigenvalue weighted by Gasteiger charge is -2.19. The lowest BCUT2D eigenvalue weighted by molar-refractivity contribution is 0.0874. The van der Waals surface area contributed by atoms with Crippen LogP contribution in [0, 0.1) is 3.57 Å². The van der Waals surface area contributed by atoms with Gasteiger partial charge in [0.15, 0.2) is 5.82 Å². The number of methoxy groups -OCH3 is 1. The predicted octanol–water partition coefficient (Wildman–Crippen LogP) is 4.66. The van der Waals surface area contributed by atoms with Crippen LogP contribution < -0.4 is 5.32 Å². The first kappa shape index (κ1) is 16.9. The van der Waals surface area contributed by atoms with E-state index in [1.807, 2.05) is 0 Å². The van der Waals surface area contributed by atoms with Crippen LogP contribution in [0.2, 0.25) is 0 Å². The molecule has 21 heavy (non-hydrogen) atoms. The maximum Gasteiger partial charge on any atom is 0.159 e. The van der Waals surface area contributed by atoms with Crippen LogP contribution in [-0.2, 0) is 4.74 Å². The molecule has 0 aromatic carbocycles. The van der Waals surface area contributed by atoms with E-state index >= 15 is 0 Å². The van der Waals surface area contributed by atoms with E-state index in [2.05, 4.69) is 41.8 Å². The first-order chi connectivity index (χ1) is 10.2. The number of anilines is 1. The molecule has 2 rings (SSSR count). The zero-order chi connectivity index (χ0) is 15.2. The Labute approximate surface area is 141 Å². The Bertz CT molecular complexity index is 461. The van der Waals surface area contributed by atoms with Crippen molar-refractivity contribution in [3.8, 4) is 0 Å². The Morgan fingerprint density at radius 2 is 2.00 bits per heavy atom. The summed E-state index contributed by atoms with van der Waals surface area (Å²) in [5.74, 6) is 2.41.